The minimum absolute atomic E-state index is 0.233. The number of methoxy groups -OCH3 is 1. The molecule has 1 unspecified atom stereocenters. The van der Waals surface area contributed by atoms with Gasteiger partial charge in [-0.25, -0.2) is 0 Å². The predicted octanol–water partition coefficient (Wildman–Crippen LogP) is 1.30. The number of rotatable bonds is 6. The standard InChI is InChI=1S/C16H20N4O2/c1-22-6-5-19-10-14(9-16(19)21)7-13-3-2-4-15(8-13)20-11-17-18-12-20/h2-4,8,11-12,14H,5-7,9-10H2,1H3. The zero-order chi connectivity index (χ0) is 15.4. The van der Waals surface area contributed by atoms with Gasteiger partial charge in [0.1, 0.15) is 12.7 Å². The molecule has 3 rings (SSSR count). The Labute approximate surface area is 129 Å². The molecule has 1 aromatic carbocycles. The van der Waals surface area contributed by atoms with Gasteiger partial charge in [-0.2, -0.15) is 0 Å². The summed E-state index contributed by atoms with van der Waals surface area (Å²) in [6.07, 6.45) is 4.90. The van der Waals surface area contributed by atoms with Crippen molar-refractivity contribution >= 4 is 5.91 Å². The van der Waals surface area contributed by atoms with Crippen molar-refractivity contribution in [3.63, 3.8) is 0 Å². The van der Waals surface area contributed by atoms with Gasteiger partial charge in [0.15, 0.2) is 0 Å². The minimum Gasteiger partial charge on any atom is -0.383 e. The first-order chi connectivity index (χ1) is 10.8. The third-order valence-corrected chi connectivity index (χ3v) is 4.01. The Morgan fingerprint density at radius 1 is 1.32 bits per heavy atom. The first-order valence-corrected chi connectivity index (χ1v) is 7.47. The summed E-state index contributed by atoms with van der Waals surface area (Å²) in [6, 6.07) is 8.30. The van der Waals surface area contributed by atoms with Gasteiger partial charge in [-0.1, -0.05) is 12.1 Å². The highest BCUT2D eigenvalue weighted by atomic mass is 16.5. The molecule has 0 saturated carbocycles. The summed E-state index contributed by atoms with van der Waals surface area (Å²) >= 11 is 0. The number of nitrogens with zero attached hydrogens (tertiary/aromatic N) is 4. The smallest absolute Gasteiger partial charge is 0.223 e. The lowest BCUT2D eigenvalue weighted by molar-refractivity contribution is -0.128. The zero-order valence-electron chi connectivity index (χ0n) is 12.7. The molecule has 6 heteroatoms. The van der Waals surface area contributed by atoms with Crippen LogP contribution in [0.3, 0.4) is 0 Å². The first-order valence-electron chi connectivity index (χ1n) is 7.47. The summed E-state index contributed by atoms with van der Waals surface area (Å²) in [5.41, 5.74) is 2.28. The Balaban J connectivity index is 1.64. The second kappa shape index (κ2) is 6.70. The molecule has 1 aliphatic heterocycles. The maximum Gasteiger partial charge on any atom is 0.223 e. The van der Waals surface area contributed by atoms with E-state index in [2.05, 4.69) is 22.3 Å². The molecule has 6 nitrogen and oxygen atoms in total. The molecule has 2 aromatic rings. The SMILES string of the molecule is COCCN1CC(Cc2cccc(-n3cnnc3)c2)CC1=O. The zero-order valence-corrected chi connectivity index (χ0v) is 12.7. The van der Waals surface area contributed by atoms with Crippen molar-refractivity contribution in [3.8, 4) is 5.69 Å². The van der Waals surface area contributed by atoms with Crippen LogP contribution >= 0.6 is 0 Å². The highest BCUT2D eigenvalue weighted by molar-refractivity contribution is 5.78. The van der Waals surface area contributed by atoms with Crippen molar-refractivity contribution in [2.75, 3.05) is 26.8 Å². The van der Waals surface area contributed by atoms with Crippen LogP contribution in [0.1, 0.15) is 12.0 Å². The van der Waals surface area contributed by atoms with Crippen LogP contribution < -0.4 is 0 Å². The van der Waals surface area contributed by atoms with E-state index in [0.29, 0.717) is 25.5 Å². The molecule has 116 valence electrons. The average molecular weight is 300 g/mol. The van der Waals surface area contributed by atoms with E-state index >= 15 is 0 Å². The molecular formula is C16H20N4O2. The quantitative estimate of drug-likeness (QED) is 0.807. The van der Waals surface area contributed by atoms with Gasteiger partial charge in [-0.05, 0) is 30.0 Å². The maximum absolute atomic E-state index is 12.0. The lowest BCUT2D eigenvalue weighted by Crippen LogP contribution is -2.28. The van der Waals surface area contributed by atoms with E-state index in [9.17, 15) is 4.79 Å². The van der Waals surface area contributed by atoms with Crippen molar-refractivity contribution in [1.82, 2.24) is 19.7 Å². The number of likely N-dealkylation sites (tertiary alicyclic amines) is 1. The van der Waals surface area contributed by atoms with E-state index in [-0.39, 0.29) is 5.91 Å². The van der Waals surface area contributed by atoms with Crippen LogP contribution in [0.2, 0.25) is 0 Å². The van der Waals surface area contributed by atoms with Crippen LogP contribution in [-0.2, 0) is 16.0 Å². The fraction of sp³-hybridized carbons (Fsp3) is 0.438. The molecule has 1 aliphatic rings. The van der Waals surface area contributed by atoms with Crippen LogP contribution in [0.15, 0.2) is 36.9 Å². The summed E-state index contributed by atoms with van der Waals surface area (Å²) in [5.74, 6) is 0.609. The number of ether oxygens (including phenoxy) is 1. The lowest BCUT2D eigenvalue weighted by atomic mass is 9.98. The summed E-state index contributed by atoms with van der Waals surface area (Å²) in [6.45, 7) is 2.10. The highest BCUT2D eigenvalue weighted by Gasteiger charge is 2.29. The number of amides is 1. The Bertz CT molecular complexity index is 627. The van der Waals surface area contributed by atoms with Gasteiger partial charge in [-0.3, -0.25) is 9.36 Å². The number of carbonyl (C=O) groups excluding carboxylic acids is 1. The van der Waals surface area contributed by atoms with Crippen molar-refractivity contribution < 1.29 is 9.53 Å². The second-order valence-corrected chi connectivity index (χ2v) is 5.65. The van der Waals surface area contributed by atoms with Gasteiger partial charge in [0.2, 0.25) is 5.91 Å². The molecule has 1 atom stereocenters. The van der Waals surface area contributed by atoms with E-state index in [1.54, 1.807) is 19.8 Å². The number of aromatic nitrogens is 3. The van der Waals surface area contributed by atoms with Gasteiger partial charge >= 0.3 is 0 Å². The molecule has 2 heterocycles. The van der Waals surface area contributed by atoms with Crippen LogP contribution in [0.25, 0.3) is 5.69 Å². The van der Waals surface area contributed by atoms with Crippen molar-refractivity contribution in [2.45, 2.75) is 12.8 Å². The van der Waals surface area contributed by atoms with Gasteiger partial charge < -0.3 is 9.64 Å². The molecular weight excluding hydrogens is 280 g/mol. The van der Waals surface area contributed by atoms with Crippen LogP contribution in [0.5, 0.6) is 0 Å². The highest BCUT2D eigenvalue weighted by Crippen LogP contribution is 2.22. The van der Waals surface area contributed by atoms with E-state index in [1.165, 1.54) is 5.56 Å². The molecule has 0 spiro atoms. The summed E-state index contributed by atoms with van der Waals surface area (Å²) in [7, 11) is 1.66. The Kier molecular flexibility index (Phi) is 4.48. The molecule has 0 bridgehead atoms. The molecule has 1 fully saturated rings. The Hall–Kier alpha value is -2.21. The fourth-order valence-electron chi connectivity index (χ4n) is 2.92. The second-order valence-electron chi connectivity index (χ2n) is 5.65. The summed E-state index contributed by atoms with van der Waals surface area (Å²) in [5, 5.41) is 7.66. The van der Waals surface area contributed by atoms with E-state index < -0.39 is 0 Å². The number of hydrogen-bond acceptors (Lipinski definition) is 4. The minimum atomic E-state index is 0.233. The summed E-state index contributed by atoms with van der Waals surface area (Å²) < 4.78 is 6.94. The third kappa shape index (κ3) is 3.33. The number of carbonyl (C=O) groups is 1. The molecule has 1 saturated heterocycles. The van der Waals surface area contributed by atoms with Crippen LogP contribution in [-0.4, -0.2) is 52.4 Å². The van der Waals surface area contributed by atoms with E-state index in [1.807, 2.05) is 21.6 Å². The van der Waals surface area contributed by atoms with Gasteiger partial charge in [0.05, 0.1) is 6.61 Å². The predicted molar refractivity (Wildman–Crippen MR) is 81.6 cm³/mol. The molecule has 0 N–H and O–H groups in total. The van der Waals surface area contributed by atoms with Gasteiger partial charge in [0.25, 0.3) is 0 Å². The molecule has 22 heavy (non-hydrogen) atoms. The topological polar surface area (TPSA) is 60.2 Å². The van der Waals surface area contributed by atoms with Crippen LogP contribution in [0, 0.1) is 5.92 Å². The average Bonchev–Trinajstić information content (AvgIpc) is 3.16. The van der Waals surface area contributed by atoms with Gasteiger partial charge in [-0.15, -0.1) is 10.2 Å². The molecule has 1 amide bonds. The fourth-order valence-corrected chi connectivity index (χ4v) is 2.92. The normalized spacial score (nSPS) is 18.1. The Morgan fingerprint density at radius 3 is 2.91 bits per heavy atom. The van der Waals surface area contributed by atoms with Crippen molar-refractivity contribution in [3.05, 3.63) is 42.5 Å². The molecule has 0 radical (unpaired) electrons. The van der Waals surface area contributed by atoms with Gasteiger partial charge in [0, 0.05) is 32.3 Å². The largest absolute Gasteiger partial charge is 0.383 e. The van der Waals surface area contributed by atoms with Crippen molar-refractivity contribution in [1.29, 1.82) is 0 Å². The summed E-state index contributed by atoms with van der Waals surface area (Å²) in [4.78, 5) is 13.9. The van der Waals surface area contributed by atoms with Crippen molar-refractivity contribution in [2.24, 2.45) is 5.92 Å². The number of benzene rings is 1. The first kappa shape index (κ1) is 14.7. The third-order valence-electron chi connectivity index (χ3n) is 4.01. The number of hydrogen-bond donors (Lipinski definition) is 0. The monoisotopic (exact) mass is 300 g/mol. The maximum atomic E-state index is 12.0. The molecule has 1 aromatic heterocycles. The Morgan fingerprint density at radius 2 is 2.14 bits per heavy atom. The van der Waals surface area contributed by atoms with E-state index in [0.717, 1.165) is 18.7 Å². The van der Waals surface area contributed by atoms with E-state index in [4.69, 9.17) is 4.74 Å². The lowest BCUT2D eigenvalue weighted by Gasteiger charge is -2.16. The van der Waals surface area contributed by atoms with Crippen LogP contribution in [0.4, 0.5) is 0 Å². The molecule has 0 aliphatic carbocycles.